The molecule has 3 heteroatoms. The summed E-state index contributed by atoms with van der Waals surface area (Å²) in [5.41, 5.74) is 0. The molecule has 0 aromatic carbocycles. The minimum absolute atomic E-state index is 0.375. The van der Waals surface area contributed by atoms with E-state index in [1.54, 1.807) is 0 Å². The first-order valence-corrected chi connectivity index (χ1v) is 3.27. The van der Waals surface area contributed by atoms with Gasteiger partial charge >= 0.3 is 0 Å². The van der Waals surface area contributed by atoms with Crippen molar-refractivity contribution in [2.24, 2.45) is 0 Å². The molecule has 0 aliphatic rings. The highest BCUT2D eigenvalue weighted by Gasteiger charge is 1.73. The Morgan fingerprint density at radius 2 is 1.50 bits per heavy atom. The van der Waals surface area contributed by atoms with Gasteiger partial charge in [-0.2, -0.15) is 0 Å². The van der Waals surface area contributed by atoms with Gasteiger partial charge in [0.1, 0.15) is 0 Å². The maximum atomic E-state index is 3.15. The van der Waals surface area contributed by atoms with E-state index in [0.717, 1.165) is 0 Å². The number of alkyl halides is 2. The molecule has 0 spiro atoms. The van der Waals surface area contributed by atoms with Crippen LogP contribution in [0.25, 0.3) is 0 Å². The molecule has 26 valence electrons. The summed E-state index contributed by atoms with van der Waals surface area (Å²) < 4.78 is 0.375. The molecular weight excluding hydrogens is 203 g/mol. The van der Waals surface area contributed by atoms with Gasteiger partial charge in [-0.05, 0) is 0 Å². The topological polar surface area (TPSA) is 0 Å². The van der Waals surface area contributed by atoms with Gasteiger partial charge in [-0.25, -0.2) is 0 Å². The van der Waals surface area contributed by atoms with E-state index in [1.807, 2.05) is 0 Å². The zero-order chi connectivity index (χ0) is 3.58. The van der Waals surface area contributed by atoms with Crippen LogP contribution in [0.4, 0.5) is 0 Å². The lowest BCUT2D eigenvalue weighted by atomic mass is 11.9. The van der Waals surface area contributed by atoms with Crippen molar-refractivity contribution in [1.82, 2.24) is 0 Å². The summed E-state index contributed by atoms with van der Waals surface area (Å²) in [7, 11) is 2.49. The monoisotopic (exact) mass is 204 g/mol. The average Bonchev–Trinajstić information content (AvgIpc) is 0.811. The van der Waals surface area contributed by atoms with Crippen molar-refractivity contribution in [3.05, 3.63) is 0 Å². The molecule has 0 aliphatic carbocycles. The van der Waals surface area contributed by atoms with Crippen LogP contribution in [0.5, 0.6) is 0 Å². The van der Waals surface area contributed by atoms with Crippen molar-refractivity contribution in [1.29, 1.82) is 0 Å². The highest BCUT2D eigenvalue weighted by molar-refractivity contribution is 9.26. The van der Waals surface area contributed by atoms with Crippen LogP contribution in [-0.4, -0.2) is 3.48 Å². The van der Waals surface area contributed by atoms with Gasteiger partial charge in [0.25, 0.3) is 0 Å². The summed E-state index contributed by atoms with van der Waals surface area (Å²) in [5, 5.41) is 0. The minimum atomic E-state index is 0.375. The highest BCUT2D eigenvalue weighted by Crippen LogP contribution is 2.13. The molecule has 0 heterocycles. The van der Waals surface area contributed by atoms with Crippen molar-refractivity contribution >= 4 is 41.1 Å². The third kappa shape index (κ3) is 10.0. The summed E-state index contributed by atoms with van der Waals surface area (Å²) in [5.74, 6) is 0. The molecule has 0 radical (unpaired) electrons. The summed E-state index contributed by atoms with van der Waals surface area (Å²) in [6, 6.07) is 0. The third-order valence-corrected chi connectivity index (χ3v) is 0. The summed E-state index contributed by atoms with van der Waals surface area (Å²) in [6.45, 7) is 0. The lowest BCUT2D eigenvalue weighted by molar-refractivity contribution is 2.22. The van der Waals surface area contributed by atoms with Crippen molar-refractivity contribution in [2.45, 2.75) is 3.48 Å². The molecule has 0 fully saturated rings. The molecule has 1 atom stereocenters. The standard InChI is InChI=1S/CH3Br2P/c2-1(3)4/h1H,4H2. The maximum Gasteiger partial charge on any atom is 0.0833 e. The third-order valence-electron chi connectivity index (χ3n) is 0. The number of hydrogen-bond donors (Lipinski definition) is 0. The van der Waals surface area contributed by atoms with E-state index in [0.29, 0.717) is 3.48 Å². The number of hydrogen-bond acceptors (Lipinski definition) is 0. The lowest BCUT2D eigenvalue weighted by Crippen LogP contribution is -1.49. The zero-order valence-corrected chi connectivity index (χ0v) is 6.24. The fourth-order valence-electron chi connectivity index (χ4n) is 0. The first-order valence-electron chi connectivity index (χ1n) is 0.770. The fourth-order valence-corrected chi connectivity index (χ4v) is 0. The molecule has 0 aliphatic heterocycles. The van der Waals surface area contributed by atoms with E-state index in [-0.39, 0.29) is 0 Å². The van der Waals surface area contributed by atoms with E-state index in [1.165, 1.54) is 0 Å². The molecule has 0 amide bonds. The predicted octanol–water partition coefficient (Wildman–Crippen LogP) is 1.93. The second kappa shape index (κ2) is 2.62. The maximum absolute atomic E-state index is 3.15. The van der Waals surface area contributed by atoms with Crippen molar-refractivity contribution in [2.75, 3.05) is 0 Å². The molecule has 0 saturated heterocycles. The second-order valence-corrected chi connectivity index (χ2v) is 6.15. The van der Waals surface area contributed by atoms with E-state index in [9.17, 15) is 0 Å². The van der Waals surface area contributed by atoms with Crippen LogP contribution in [-0.2, 0) is 0 Å². The minimum Gasteiger partial charge on any atom is -0.111 e. The first kappa shape index (κ1) is 5.39. The average molecular weight is 206 g/mol. The van der Waals surface area contributed by atoms with Crippen LogP contribution in [0.1, 0.15) is 0 Å². The molecule has 0 nitrogen and oxygen atoms in total. The Labute approximate surface area is 44.8 Å². The quantitative estimate of drug-likeness (QED) is 0.419. The molecular formula is CH3Br2P. The van der Waals surface area contributed by atoms with Crippen LogP contribution < -0.4 is 0 Å². The van der Waals surface area contributed by atoms with Gasteiger partial charge in [-0.1, -0.05) is 31.9 Å². The molecule has 0 bridgehead atoms. The Bertz CT molecular complexity index is 10.8. The largest absolute Gasteiger partial charge is 0.111 e. The van der Waals surface area contributed by atoms with E-state index in [2.05, 4.69) is 41.1 Å². The molecule has 4 heavy (non-hydrogen) atoms. The molecule has 0 saturated carbocycles. The number of rotatable bonds is 0. The van der Waals surface area contributed by atoms with Gasteiger partial charge in [-0.15, -0.1) is 9.24 Å². The molecule has 1 unspecified atom stereocenters. The van der Waals surface area contributed by atoms with Crippen LogP contribution in [0, 0.1) is 0 Å². The SMILES string of the molecule is PC(Br)Br. The Hall–Kier alpha value is 1.39. The molecule has 0 aromatic rings. The van der Waals surface area contributed by atoms with E-state index < -0.39 is 0 Å². The molecule has 0 aromatic heterocycles. The fraction of sp³-hybridized carbons (Fsp3) is 1.00. The second-order valence-electron chi connectivity index (χ2n) is 0.334. The van der Waals surface area contributed by atoms with Gasteiger partial charge in [0.05, 0.1) is 3.48 Å². The predicted molar refractivity (Wildman–Crippen MR) is 31.4 cm³/mol. The lowest BCUT2D eigenvalue weighted by Gasteiger charge is -1.73. The molecule has 0 N–H and O–H groups in total. The van der Waals surface area contributed by atoms with Gasteiger partial charge in [0.15, 0.2) is 0 Å². The Kier molecular flexibility index (Phi) is 3.53. The van der Waals surface area contributed by atoms with E-state index >= 15 is 0 Å². The normalized spacial score (nSPS) is 9.00. The molecule has 0 rings (SSSR count). The Morgan fingerprint density at radius 3 is 1.50 bits per heavy atom. The van der Waals surface area contributed by atoms with Crippen molar-refractivity contribution in [3.8, 4) is 0 Å². The van der Waals surface area contributed by atoms with Gasteiger partial charge in [0.2, 0.25) is 0 Å². The van der Waals surface area contributed by atoms with Crippen LogP contribution in [0.15, 0.2) is 0 Å². The van der Waals surface area contributed by atoms with Gasteiger partial charge < -0.3 is 0 Å². The summed E-state index contributed by atoms with van der Waals surface area (Å²) in [6.07, 6.45) is 0. The smallest absolute Gasteiger partial charge is 0.0833 e. The Balaban J connectivity index is 2.32. The van der Waals surface area contributed by atoms with E-state index in [4.69, 9.17) is 0 Å². The van der Waals surface area contributed by atoms with Crippen LogP contribution in [0.2, 0.25) is 0 Å². The zero-order valence-electron chi connectivity index (χ0n) is 1.91. The van der Waals surface area contributed by atoms with Gasteiger partial charge in [-0.3, -0.25) is 0 Å². The van der Waals surface area contributed by atoms with Crippen LogP contribution >= 0.6 is 41.1 Å². The van der Waals surface area contributed by atoms with Crippen molar-refractivity contribution in [3.63, 3.8) is 0 Å². The summed E-state index contributed by atoms with van der Waals surface area (Å²) >= 11 is 6.30. The first-order chi connectivity index (χ1) is 1.73. The Morgan fingerprint density at radius 1 is 1.50 bits per heavy atom. The van der Waals surface area contributed by atoms with Crippen LogP contribution in [0.3, 0.4) is 0 Å². The van der Waals surface area contributed by atoms with Crippen molar-refractivity contribution < 1.29 is 0 Å². The number of halogens is 2. The van der Waals surface area contributed by atoms with Gasteiger partial charge in [0, 0.05) is 0 Å². The highest BCUT2D eigenvalue weighted by atomic mass is 79.9. The summed E-state index contributed by atoms with van der Waals surface area (Å²) in [4.78, 5) is 0.